The molecule has 1 aliphatic rings. The maximum Gasteiger partial charge on any atom is 0.0587 e. The van der Waals surface area contributed by atoms with Crippen molar-refractivity contribution in [2.75, 3.05) is 6.61 Å². The van der Waals surface area contributed by atoms with E-state index in [1.165, 1.54) is 32.1 Å². The Labute approximate surface area is 107 Å². The average molecular weight is 241 g/mol. The summed E-state index contributed by atoms with van der Waals surface area (Å²) in [6.45, 7) is 9.33. The van der Waals surface area contributed by atoms with Crippen LogP contribution in [0.25, 0.3) is 0 Å². The fraction of sp³-hybridized carbons (Fsp3) is 1.00. The van der Waals surface area contributed by atoms with Crippen molar-refractivity contribution < 1.29 is 5.11 Å². The highest BCUT2D eigenvalue weighted by atomic mass is 16.3. The van der Waals surface area contributed by atoms with Crippen molar-refractivity contribution in [2.45, 2.75) is 71.9 Å². The Morgan fingerprint density at radius 2 is 1.76 bits per heavy atom. The Hall–Kier alpha value is -0.0800. The summed E-state index contributed by atoms with van der Waals surface area (Å²) >= 11 is 0. The summed E-state index contributed by atoms with van der Waals surface area (Å²) in [5.41, 5.74) is 0. The van der Waals surface area contributed by atoms with Gasteiger partial charge in [0.1, 0.15) is 0 Å². The van der Waals surface area contributed by atoms with Crippen LogP contribution in [-0.4, -0.2) is 23.8 Å². The predicted octanol–water partition coefficient (Wildman–Crippen LogP) is 3.20. The maximum absolute atomic E-state index is 9.38. The van der Waals surface area contributed by atoms with Gasteiger partial charge in [-0.3, -0.25) is 0 Å². The molecule has 1 fully saturated rings. The van der Waals surface area contributed by atoms with Crippen molar-refractivity contribution in [3.63, 3.8) is 0 Å². The topological polar surface area (TPSA) is 32.3 Å². The van der Waals surface area contributed by atoms with Crippen LogP contribution in [0, 0.1) is 17.8 Å². The van der Waals surface area contributed by atoms with Crippen LogP contribution in [0.2, 0.25) is 0 Å². The van der Waals surface area contributed by atoms with Crippen LogP contribution in [0.1, 0.15) is 59.8 Å². The molecule has 0 bridgehead atoms. The highest BCUT2D eigenvalue weighted by molar-refractivity contribution is 4.80. The van der Waals surface area contributed by atoms with Gasteiger partial charge in [-0.1, -0.05) is 40.5 Å². The van der Waals surface area contributed by atoms with Crippen molar-refractivity contribution in [3.8, 4) is 0 Å². The van der Waals surface area contributed by atoms with Crippen molar-refractivity contribution in [1.82, 2.24) is 5.32 Å². The third kappa shape index (κ3) is 4.97. The number of hydrogen-bond donors (Lipinski definition) is 2. The van der Waals surface area contributed by atoms with Gasteiger partial charge < -0.3 is 10.4 Å². The smallest absolute Gasteiger partial charge is 0.0587 e. The van der Waals surface area contributed by atoms with Crippen LogP contribution in [0.15, 0.2) is 0 Å². The first-order chi connectivity index (χ1) is 8.04. The fourth-order valence-electron chi connectivity index (χ4n) is 2.92. The van der Waals surface area contributed by atoms with Gasteiger partial charge in [0.05, 0.1) is 6.61 Å². The molecule has 0 heterocycles. The molecule has 0 radical (unpaired) electrons. The summed E-state index contributed by atoms with van der Waals surface area (Å²) in [5, 5.41) is 13.0. The van der Waals surface area contributed by atoms with Gasteiger partial charge in [-0.05, 0) is 37.0 Å². The molecule has 0 aromatic heterocycles. The highest BCUT2D eigenvalue weighted by Gasteiger charge is 2.23. The van der Waals surface area contributed by atoms with Gasteiger partial charge in [0.2, 0.25) is 0 Å². The molecule has 2 nitrogen and oxygen atoms in total. The lowest BCUT2D eigenvalue weighted by Crippen LogP contribution is -2.43. The van der Waals surface area contributed by atoms with Crippen LogP contribution in [0.3, 0.4) is 0 Å². The third-order valence-corrected chi connectivity index (χ3v) is 4.41. The Kier molecular flexibility index (Phi) is 6.50. The zero-order chi connectivity index (χ0) is 12.8. The average Bonchev–Trinajstić information content (AvgIpc) is 2.50. The SMILES string of the molecule is CC(C)C1CCCC(NC(CO)C(C)C)CC1. The lowest BCUT2D eigenvalue weighted by Gasteiger charge is -2.26. The summed E-state index contributed by atoms with van der Waals surface area (Å²) in [7, 11) is 0. The Morgan fingerprint density at radius 3 is 2.29 bits per heavy atom. The lowest BCUT2D eigenvalue weighted by molar-refractivity contribution is 0.194. The molecule has 0 amide bonds. The van der Waals surface area contributed by atoms with E-state index in [0.717, 1.165) is 11.8 Å². The molecule has 2 heteroatoms. The van der Waals surface area contributed by atoms with E-state index in [1.807, 2.05) is 0 Å². The van der Waals surface area contributed by atoms with Crippen LogP contribution in [-0.2, 0) is 0 Å². The Balaban J connectivity index is 2.40. The molecule has 1 aliphatic carbocycles. The summed E-state index contributed by atoms with van der Waals surface area (Å²) in [6.07, 6.45) is 6.65. The van der Waals surface area contributed by atoms with E-state index in [0.29, 0.717) is 12.0 Å². The largest absolute Gasteiger partial charge is 0.395 e. The second-order valence-corrected chi connectivity index (χ2v) is 6.41. The molecule has 0 aromatic carbocycles. The molecule has 3 unspecified atom stereocenters. The van der Waals surface area contributed by atoms with Gasteiger partial charge >= 0.3 is 0 Å². The zero-order valence-electron chi connectivity index (χ0n) is 12.1. The zero-order valence-corrected chi connectivity index (χ0v) is 12.1. The van der Waals surface area contributed by atoms with Crippen molar-refractivity contribution in [3.05, 3.63) is 0 Å². The van der Waals surface area contributed by atoms with Gasteiger partial charge in [0.25, 0.3) is 0 Å². The summed E-state index contributed by atoms with van der Waals surface area (Å²) in [4.78, 5) is 0. The number of rotatable bonds is 5. The quantitative estimate of drug-likeness (QED) is 0.725. The predicted molar refractivity (Wildman–Crippen MR) is 74.0 cm³/mol. The minimum absolute atomic E-state index is 0.266. The molecular formula is C15H31NO. The molecular weight excluding hydrogens is 210 g/mol. The summed E-state index contributed by atoms with van der Waals surface area (Å²) in [5.74, 6) is 2.25. The van der Waals surface area contributed by atoms with Crippen molar-refractivity contribution in [2.24, 2.45) is 17.8 Å². The van der Waals surface area contributed by atoms with Gasteiger partial charge in [-0.25, -0.2) is 0 Å². The van der Waals surface area contributed by atoms with E-state index in [2.05, 4.69) is 33.0 Å². The molecule has 1 saturated carbocycles. The minimum atomic E-state index is 0.266. The van der Waals surface area contributed by atoms with Crippen LogP contribution in [0.5, 0.6) is 0 Å². The fourth-order valence-corrected chi connectivity index (χ4v) is 2.92. The minimum Gasteiger partial charge on any atom is -0.395 e. The lowest BCUT2D eigenvalue weighted by atomic mass is 9.89. The van der Waals surface area contributed by atoms with Crippen molar-refractivity contribution in [1.29, 1.82) is 0 Å². The van der Waals surface area contributed by atoms with Gasteiger partial charge in [0, 0.05) is 12.1 Å². The first-order valence-electron chi connectivity index (χ1n) is 7.41. The van der Waals surface area contributed by atoms with E-state index in [-0.39, 0.29) is 12.6 Å². The van der Waals surface area contributed by atoms with E-state index in [9.17, 15) is 5.11 Å². The van der Waals surface area contributed by atoms with Gasteiger partial charge in [-0.2, -0.15) is 0 Å². The first-order valence-corrected chi connectivity index (χ1v) is 7.41. The normalized spacial score (nSPS) is 28.4. The van der Waals surface area contributed by atoms with Crippen LogP contribution >= 0.6 is 0 Å². The second-order valence-electron chi connectivity index (χ2n) is 6.41. The van der Waals surface area contributed by atoms with E-state index in [4.69, 9.17) is 0 Å². The van der Waals surface area contributed by atoms with Crippen LogP contribution in [0.4, 0.5) is 0 Å². The third-order valence-electron chi connectivity index (χ3n) is 4.41. The molecule has 0 aliphatic heterocycles. The summed E-state index contributed by atoms with van der Waals surface area (Å²) in [6, 6.07) is 0.897. The highest BCUT2D eigenvalue weighted by Crippen LogP contribution is 2.29. The first kappa shape index (κ1) is 15.0. The van der Waals surface area contributed by atoms with E-state index >= 15 is 0 Å². The van der Waals surface area contributed by atoms with E-state index in [1.54, 1.807) is 0 Å². The molecule has 0 spiro atoms. The van der Waals surface area contributed by atoms with E-state index < -0.39 is 0 Å². The number of aliphatic hydroxyl groups is 1. The molecule has 17 heavy (non-hydrogen) atoms. The molecule has 102 valence electrons. The van der Waals surface area contributed by atoms with Crippen molar-refractivity contribution >= 4 is 0 Å². The second kappa shape index (κ2) is 7.38. The standard InChI is InChI=1S/C15H31NO/c1-11(2)13-6-5-7-14(9-8-13)16-15(10-17)12(3)4/h11-17H,5-10H2,1-4H3. The number of aliphatic hydroxyl groups excluding tert-OH is 1. The number of hydrogen-bond acceptors (Lipinski definition) is 2. The molecule has 0 saturated heterocycles. The summed E-state index contributed by atoms with van der Waals surface area (Å²) < 4.78 is 0. The Bertz CT molecular complexity index is 203. The Morgan fingerprint density at radius 1 is 1.06 bits per heavy atom. The van der Waals surface area contributed by atoms with Crippen LogP contribution < -0.4 is 5.32 Å². The molecule has 2 N–H and O–H groups in total. The van der Waals surface area contributed by atoms with Gasteiger partial charge in [-0.15, -0.1) is 0 Å². The van der Waals surface area contributed by atoms with Gasteiger partial charge in [0.15, 0.2) is 0 Å². The molecule has 3 atom stereocenters. The number of nitrogens with one attached hydrogen (secondary N) is 1. The molecule has 0 aromatic rings. The maximum atomic E-state index is 9.38. The molecule has 1 rings (SSSR count). The monoisotopic (exact) mass is 241 g/mol.